The molecule has 0 aromatic heterocycles. The average Bonchev–Trinajstić information content (AvgIpc) is 2.56. The summed E-state index contributed by atoms with van der Waals surface area (Å²) in [4.78, 5) is 26.0. The van der Waals surface area contributed by atoms with Crippen LogP contribution in [0.25, 0.3) is 0 Å². The number of anilines is 2. The highest BCUT2D eigenvalue weighted by Gasteiger charge is 2.16. The molecule has 23 heavy (non-hydrogen) atoms. The number of carbonyl (C=O) groups is 2. The maximum Gasteiger partial charge on any atom is 0.251 e. The second-order valence-corrected chi connectivity index (χ2v) is 5.96. The molecule has 1 atom stereocenters. The van der Waals surface area contributed by atoms with Crippen molar-refractivity contribution in [2.75, 3.05) is 43.4 Å². The van der Waals surface area contributed by atoms with Gasteiger partial charge in [-0.1, -0.05) is 20.8 Å². The second-order valence-electron chi connectivity index (χ2n) is 5.96. The summed E-state index contributed by atoms with van der Waals surface area (Å²) in [6.07, 6.45) is 0. The van der Waals surface area contributed by atoms with Gasteiger partial charge in [-0.05, 0) is 37.2 Å². The number of amides is 2. The van der Waals surface area contributed by atoms with Crippen molar-refractivity contribution in [2.24, 2.45) is 5.92 Å². The van der Waals surface area contributed by atoms with E-state index in [0.717, 1.165) is 25.3 Å². The molecular weight excluding hydrogens is 292 g/mol. The number of hydrogen-bond donors (Lipinski definition) is 3. The van der Waals surface area contributed by atoms with Crippen LogP contribution >= 0.6 is 0 Å². The Kier molecular flexibility index (Phi) is 5.98. The van der Waals surface area contributed by atoms with E-state index in [1.54, 1.807) is 12.1 Å². The fraction of sp³-hybridized carbons (Fsp3) is 0.529. The van der Waals surface area contributed by atoms with Crippen LogP contribution in [0.4, 0.5) is 11.4 Å². The molecule has 6 heteroatoms. The topological polar surface area (TPSA) is 73.5 Å². The molecule has 1 aliphatic heterocycles. The Labute approximate surface area is 137 Å². The minimum atomic E-state index is -0.112. The minimum Gasteiger partial charge on any atom is -0.374 e. The Morgan fingerprint density at radius 3 is 2.74 bits per heavy atom. The van der Waals surface area contributed by atoms with E-state index in [9.17, 15) is 9.59 Å². The van der Waals surface area contributed by atoms with E-state index >= 15 is 0 Å². The number of fused-ring (bicyclic) bond motifs is 1. The summed E-state index contributed by atoms with van der Waals surface area (Å²) in [6, 6.07) is 5.31. The molecule has 0 radical (unpaired) electrons. The first-order valence-electron chi connectivity index (χ1n) is 8.21. The third-order valence-corrected chi connectivity index (χ3v) is 4.07. The van der Waals surface area contributed by atoms with Crippen LogP contribution in [0.5, 0.6) is 0 Å². The molecule has 126 valence electrons. The summed E-state index contributed by atoms with van der Waals surface area (Å²) in [6.45, 7) is 10.3. The maximum absolute atomic E-state index is 12.3. The third-order valence-electron chi connectivity index (χ3n) is 4.07. The Morgan fingerprint density at radius 2 is 2.04 bits per heavy atom. The zero-order valence-corrected chi connectivity index (χ0v) is 14.1. The van der Waals surface area contributed by atoms with Gasteiger partial charge in [-0.25, -0.2) is 0 Å². The van der Waals surface area contributed by atoms with Crippen LogP contribution in [0, 0.1) is 5.92 Å². The first-order chi connectivity index (χ1) is 11.0. The monoisotopic (exact) mass is 318 g/mol. The minimum absolute atomic E-state index is 0.0945. The Balaban J connectivity index is 1.91. The van der Waals surface area contributed by atoms with Crippen LogP contribution in [0.15, 0.2) is 18.2 Å². The van der Waals surface area contributed by atoms with Gasteiger partial charge in [-0.2, -0.15) is 0 Å². The zero-order chi connectivity index (χ0) is 16.8. The van der Waals surface area contributed by atoms with Crippen LogP contribution in [-0.2, 0) is 4.79 Å². The fourth-order valence-corrected chi connectivity index (χ4v) is 2.67. The molecular formula is C17H26N4O2. The predicted octanol–water partition coefficient (Wildman–Crippen LogP) is 1.76. The van der Waals surface area contributed by atoms with Crippen molar-refractivity contribution >= 4 is 23.2 Å². The van der Waals surface area contributed by atoms with E-state index < -0.39 is 0 Å². The molecule has 1 aromatic carbocycles. The van der Waals surface area contributed by atoms with Crippen molar-refractivity contribution in [3.8, 4) is 0 Å². The van der Waals surface area contributed by atoms with Crippen LogP contribution in [0.2, 0.25) is 0 Å². The molecule has 0 spiro atoms. The van der Waals surface area contributed by atoms with Crippen LogP contribution in [0.3, 0.4) is 0 Å². The number of nitrogens with zero attached hydrogens (tertiary/aromatic N) is 1. The number of benzene rings is 1. The maximum atomic E-state index is 12.3. The summed E-state index contributed by atoms with van der Waals surface area (Å²) < 4.78 is 0. The van der Waals surface area contributed by atoms with Gasteiger partial charge < -0.3 is 20.9 Å². The Morgan fingerprint density at radius 1 is 1.30 bits per heavy atom. The SMILES string of the molecule is CCN(CC)CC(C)CNC(=O)c1ccc2c(c1)NC(=O)CN2. The number of nitrogens with one attached hydrogen (secondary N) is 3. The summed E-state index contributed by atoms with van der Waals surface area (Å²) in [5, 5.41) is 8.76. The molecule has 0 fully saturated rings. The lowest BCUT2D eigenvalue weighted by Gasteiger charge is -2.23. The zero-order valence-electron chi connectivity index (χ0n) is 14.1. The quantitative estimate of drug-likeness (QED) is 0.716. The van der Waals surface area contributed by atoms with Crippen molar-refractivity contribution in [3.05, 3.63) is 23.8 Å². The first kappa shape index (κ1) is 17.3. The second kappa shape index (κ2) is 7.97. The highest BCUT2D eigenvalue weighted by Crippen LogP contribution is 2.25. The number of carbonyl (C=O) groups excluding carboxylic acids is 2. The molecule has 1 aliphatic rings. The predicted molar refractivity (Wildman–Crippen MR) is 92.8 cm³/mol. The van der Waals surface area contributed by atoms with Crippen molar-refractivity contribution in [3.63, 3.8) is 0 Å². The number of rotatable bonds is 7. The van der Waals surface area contributed by atoms with Gasteiger partial charge in [0.1, 0.15) is 0 Å². The van der Waals surface area contributed by atoms with E-state index in [2.05, 4.69) is 41.6 Å². The van der Waals surface area contributed by atoms with Gasteiger partial charge in [-0.3, -0.25) is 9.59 Å². The van der Waals surface area contributed by atoms with Gasteiger partial charge in [0, 0.05) is 18.7 Å². The molecule has 1 aromatic rings. The van der Waals surface area contributed by atoms with Gasteiger partial charge in [0.2, 0.25) is 5.91 Å². The van der Waals surface area contributed by atoms with E-state index in [4.69, 9.17) is 0 Å². The molecule has 0 bridgehead atoms. The first-order valence-corrected chi connectivity index (χ1v) is 8.21. The van der Waals surface area contributed by atoms with Crippen molar-refractivity contribution < 1.29 is 9.59 Å². The molecule has 3 N–H and O–H groups in total. The molecule has 0 saturated carbocycles. The van der Waals surface area contributed by atoms with Gasteiger partial charge in [0.05, 0.1) is 17.9 Å². The molecule has 6 nitrogen and oxygen atoms in total. The normalized spacial score (nSPS) is 14.7. The lowest BCUT2D eigenvalue weighted by Crippen LogP contribution is -2.35. The van der Waals surface area contributed by atoms with E-state index in [1.807, 2.05) is 6.07 Å². The molecule has 0 aliphatic carbocycles. The van der Waals surface area contributed by atoms with E-state index in [1.165, 1.54) is 0 Å². The Hall–Kier alpha value is -2.08. The smallest absolute Gasteiger partial charge is 0.251 e. The lowest BCUT2D eigenvalue weighted by molar-refractivity contribution is -0.114. The van der Waals surface area contributed by atoms with Crippen molar-refractivity contribution in [1.29, 1.82) is 0 Å². The molecule has 1 heterocycles. The summed E-state index contributed by atoms with van der Waals surface area (Å²) in [5.74, 6) is 0.180. The molecule has 2 rings (SSSR count). The molecule has 0 saturated heterocycles. The highest BCUT2D eigenvalue weighted by atomic mass is 16.2. The Bertz CT molecular complexity index is 570. The third kappa shape index (κ3) is 4.69. The van der Waals surface area contributed by atoms with Crippen molar-refractivity contribution in [1.82, 2.24) is 10.2 Å². The van der Waals surface area contributed by atoms with E-state index in [-0.39, 0.29) is 18.4 Å². The molecule has 2 amide bonds. The van der Waals surface area contributed by atoms with Gasteiger partial charge in [0.15, 0.2) is 0 Å². The summed E-state index contributed by atoms with van der Waals surface area (Å²) in [7, 11) is 0. The van der Waals surface area contributed by atoms with Gasteiger partial charge >= 0.3 is 0 Å². The highest BCUT2D eigenvalue weighted by molar-refractivity contribution is 6.03. The van der Waals surface area contributed by atoms with E-state index in [0.29, 0.717) is 23.7 Å². The van der Waals surface area contributed by atoms with Crippen LogP contribution in [-0.4, -0.2) is 49.4 Å². The summed E-state index contributed by atoms with van der Waals surface area (Å²) >= 11 is 0. The fourth-order valence-electron chi connectivity index (χ4n) is 2.67. The number of hydrogen-bond acceptors (Lipinski definition) is 4. The van der Waals surface area contributed by atoms with Crippen LogP contribution in [0.1, 0.15) is 31.1 Å². The average molecular weight is 318 g/mol. The largest absolute Gasteiger partial charge is 0.374 e. The van der Waals surface area contributed by atoms with Crippen molar-refractivity contribution in [2.45, 2.75) is 20.8 Å². The van der Waals surface area contributed by atoms with Gasteiger partial charge in [0.25, 0.3) is 5.91 Å². The summed E-state index contributed by atoms with van der Waals surface area (Å²) in [5.41, 5.74) is 2.06. The lowest BCUT2D eigenvalue weighted by atomic mass is 10.1. The molecule has 1 unspecified atom stereocenters. The van der Waals surface area contributed by atoms with Gasteiger partial charge in [-0.15, -0.1) is 0 Å². The van der Waals surface area contributed by atoms with Crippen LogP contribution < -0.4 is 16.0 Å². The standard InChI is InChI=1S/C17H26N4O2/c1-4-21(5-2)11-12(3)9-19-17(23)13-6-7-14-15(8-13)20-16(22)10-18-14/h6-8,12,18H,4-5,9-11H2,1-3H3,(H,19,23)(H,20,22).